The molecule has 0 aliphatic heterocycles. The van der Waals surface area contributed by atoms with E-state index in [9.17, 15) is 0 Å². The lowest BCUT2D eigenvalue weighted by atomic mass is 9.92. The smallest absolute Gasteiger partial charge is 0.0445 e. The number of aliphatic hydroxyl groups excluding tert-OH is 1. The maximum absolute atomic E-state index is 8.60. The molecule has 60 valence electrons. The molecule has 0 saturated heterocycles. The van der Waals surface area contributed by atoms with Crippen molar-refractivity contribution in [3.05, 3.63) is 0 Å². The van der Waals surface area contributed by atoms with Crippen molar-refractivity contribution in [2.24, 2.45) is 0 Å². The zero-order valence-electron chi connectivity index (χ0n) is 6.64. The Kier molecular flexibility index (Phi) is 3.16. The van der Waals surface area contributed by atoms with Crippen molar-refractivity contribution in [2.45, 2.75) is 44.7 Å². The second kappa shape index (κ2) is 3.94. The van der Waals surface area contributed by atoms with Gasteiger partial charge in [0.25, 0.3) is 0 Å². The second-order valence-electron chi connectivity index (χ2n) is 3.21. The lowest BCUT2D eigenvalue weighted by Gasteiger charge is -2.29. The van der Waals surface area contributed by atoms with E-state index in [0.717, 1.165) is 12.5 Å². The van der Waals surface area contributed by atoms with Crippen molar-refractivity contribution < 1.29 is 5.11 Å². The highest BCUT2D eigenvalue weighted by Gasteiger charge is 2.18. The van der Waals surface area contributed by atoms with Crippen molar-refractivity contribution in [2.75, 3.05) is 6.61 Å². The number of aliphatic hydroxyl groups is 1. The fourth-order valence-electron chi connectivity index (χ4n) is 1.25. The highest BCUT2D eigenvalue weighted by atomic mass is 16.3. The first-order chi connectivity index (χ1) is 4.83. The molecule has 0 radical (unpaired) electrons. The molecule has 1 fully saturated rings. The van der Waals surface area contributed by atoms with E-state index < -0.39 is 0 Å². The molecule has 10 heavy (non-hydrogen) atoms. The van der Waals surface area contributed by atoms with Gasteiger partial charge in [0.2, 0.25) is 0 Å². The molecule has 0 spiro atoms. The molecular weight excluding hydrogens is 126 g/mol. The van der Waals surface area contributed by atoms with Crippen LogP contribution in [0.3, 0.4) is 0 Å². The molecule has 1 rings (SSSR count). The molecule has 1 saturated carbocycles. The van der Waals surface area contributed by atoms with E-state index in [1.54, 1.807) is 0 Å². The molecule has 0 bridgehead atoms. The quantitative estimate of drug-likeness (QED) is 0.613. The lowest BCUT2D eigenvalue weighted by molar-refractivity contribution is 0.244. The van der Waals surface area contributed by atoms with Gasteiger partial charge in [0, 0.05) is 18.7 Å². The predicted molar refractivity (Wildman–Crippen MR) is 41.9 cm³/mol. The van der Waals surface area contributed by atoms with Crippen molar-refractivity contribution >= 4 is 0 Å². The molecule has 2 nitrogen and oxygen atoms in total. The van der Waals surface area contributed by atoms with Crippen LogP contribution in [0.25, 0.3) is 0 Å². The summed E-state index contributed by atoms with van der Waals surface area (Å²) in [5, 5.41) is 12.1. The molecule has 1 aliphatic rings. The monoisotopic (exact) mass is 143 g/mol. The van der Waals surface area contributed by atoms with Gasteiger partial charge in [-0.15, -0.1) is 0 Å². The normalized spacial score (nSPS) is 22.2. The van der Waals surface area contributed by atoms with Crippen LogP contribution in [-0.2, 0) is 0 Å². The van der Waals surface area contributed by atoms with Crippen LogP contribution in [0.4, 0.5) is 0 Å². The van der Waals surface area contributed by atoms with Crippen LogP contribution in [-0.4, -0.2) is 23.8 Å². The molecule has 0 aromatic rings. The lowest BCUT2D eigenvalue weighted by Crippen LogP contribution is -2.41. The van der Waals surface area contributed by atoms with E-state index in [2.05, 4.69) is 12.2 Å². The second-order valence-corrected chi connectivity index (χ2v) is 3.21. The van der Waals surface area contributed by atoms with E-state index in [1.165, 1.54) is 19.3 Å². The van der Waals surface area contributed by atoms with E-state index >= 15 is 0 Å². The van der Waals surface area contributed by atoms with Crippen molar-refractivity contribution in [3.63, 3.8) is 0 Å². The summed E-state index contributed by atoms with van der Waals surface area (Å²) in [6.07, 6.45) is 4.92. The predicted octanol–water partition coefficient (Wildman–Crippen LogP) is 0.899. The first kappa shape index (κ1) is 8.02. The molecule has 1 atom stereocenters. The molecule has 0 unspecified atom stereocenters. The maximum atomic E-state index is 8.60. The molecule has 2 heteroatoms. The molecule has 0 amide bonds. The van der Waals surface area contributed by atoms with E-state index in [0.29, 0.717) is 12.6 Å². The Morgan fingerprint density at radius 2 is 2.30 bits per heavy atom. The first-order valence-corrected chi connectivity index (χ1v) is 4.20. The van der Waals surface area contributed by atoms with Gasteiger partial charge in [0.05, 0.1) is 0 Å². The SMILES string of the molecule is C[C@H](CCO)NC1CCC1. The van der Waals surface area contributed by atoms with Gasteiger partial charge in [-0.05, 0) is 26.2 Å². The maximum Gasteiger partial charge on any atom is 0.0445 e. The Morgan fingerprint density at radius 1 is 1.60 bits per heavy atom. The number of hydrogen-bond donors (Lipinski definition) is 2. The standard InChI is InChI=1S/C8H17NO/c1-7(5-6-10)9-8-3-2-4-8/h7-10H,2-6H2,1H3/t7-/m1/s1. The molecule has 0 heterocycles. The summed E-state index contributed by atoms with van der Waals surface area (Å²) < 4.78 is 0. The van der Waals surface area contributed by atoms with Crippen molar-refractivity contribution in [1.29, 1.82) is 0 Å². The first-order valence-electron chi connectivity index (χ1n) is 4.20. The Labute approximate surface area is 62.6 Å². The molecule has 0 aromatic carbocycles. The van der Waals surface area contributed by atoms with Crippen LogP contribution in [0.2, 0.25) is 0 Å². The highest BCUT2D eigenvalue weighted by Crippen LogP contribution is 2.18. The number of rotatable bonds is 4. The molecule has 0 aromatic heterocycles. The van der Waals surface area contributed by atoms with Gasteiger partial charge in [0.1, 0.15) is 0 Å². The Balaban J connectivity index is 1.99. The summed E-state index contributed by atoms with van der Waals surface area (Å²) in [6, 6.07) is 1.25. The molecular formula is C8H17NO. The van der Waals surface area contributed by atoms with Gasteiger partial charge in [-0.25, -0.2) is 0 Å². The van der Waals surface area contributed by atoms with Crippen LogP contribution in [0, 0.1) is 0 Å². The third-order valence-corrected chi connectivity index (χ3v) is 2.19. The summed E-state index contributed by atoms with van der Waals surface area (Å²) in [6.45, 7) is 2.44. The Bertz CT molecular complexity index is 91.3. The third-order valence-electron chi connectivity index (χ3n) is 2.19. The van der Waals surface area contributed by atoms with Crippen LogP contribution < -0.4 is 5.32 Å². The summed E-state index contributed by atoms with van der Waals surface area (Å²) in [5.74, 6) is 0. The zero-order chi connectivity index (χ0) is 7.40. The molecule has 2 N–H and O–H groups in total. The van der Waals surface area contributed by atoms with E-state index in [4.69, 9.17) is 5.11 Å². The van der Waals surface area contributed by atoms with Crippen LogP contribution in [0.15, 0.2) is 0 Å². The number of nitrogens with one attached hydrogen (secondary N) is 1. The van der Waals surface area contributed by atoms with Crippen molar-refractivity contribution in [1.82, 2.24) is 5.32 Å². The third kappa shape index (κ3) is 2.27. The Hall–Kier alpha value is -0.0800. The average Bonchev–Trinajstić information content (AvgIpc) is 1.80. The fourth-order valence-corrected chi connectivity index (χ4v) is 1.25. The summed E-state index contributed by atoms with van der Waals surface area (Å²) >= 11 is 0. The van der Waals surface area contributed by atoms with E-state index in [1.807, 2.05) is 0 Å². The highest BCUT2D eigenvalue weighted by molar-refractivity contribution is 4.78. The largest absolute Gasteiger partial charge is 0.396 e. The van der Waals surface area contributed by atoms with Crippen LogP contribution in [0.5, 0.6) is 0 Å². The minimum atomic E-state index is 0.306. The van der Waals surface area contributed by atoms with Gasteiger partial charge in [-0.3, -0.25) is 0 Å². The van der Waals surface area contributed by atoms with Crippen LogP contribution in [0.1, 0.15) is 32.6 Å². The Morgan fingerprint density at radius 3 is 2.70 bits per heavy atom. The van der Waals surface area contributed by atoms with Gasteiger partial charge in [-0.2, -0.15) is 0 Å². The number of hydrogen-bond acceptors (Lipinski definition) is 2. The summed E-state index contributed by atoms with van der Waals surface area (Å²) in [5.41, 5.74) is 0. The fraction of sp³-hybridized carbons (Fsp3) is 1.00. The minimum Gasteiger partial charge on any atom is -0.396 e. The summed E-state index contributed by atoms with van der Waals surface area (Å²) in [4.78, 5) is 0. The average molecular weight is 143 g/mol. The van der Waals surface area contributed by atoms with Gasteiger partial charge >= 0.3 is 0 Å². The summed E-state index contributed by atoms with van der Waals surface area (Å²) in [7, 11) is 0. The van der Waals surface area contributed by atoms with E-state index in [-0.39, 0.29) is 0 Å². The minimum absolute atomic E-state index is 0.306. The molecule has 1 aliphatic carbocycles. The zero-order valence-corrected chi connectivity index (χ0v) is 6.64. The van der Waals surface area contributed by atoms with Crippen molar-refractivity contribution in [3.8, 4) is 0 Å². The van der Waals surface area contributed by atoms with Gasteiger partial charge in [-0.1, -0.05) is 6.42 Å². The van der Waals surface area contributed by atoms with Gasteiger partial charge in [0.15, 0.2) is 0 Å². The topological polar surface area (TPSA) is 32.3 Å². The van der Waals surface area contributed by atoms with Gasteiger partial charge < -0.3 is 10.4 Å². The van der Waals surface area contributed by atoms with Crippen LogP contribution >= 0.6 is 0 Å².